The summed E-state index contributed by atoms with van der Waals surface area (Å²) in [4.78, 5) is 11.1. The number of aromatic carboxylic acids is 1. The molecule has 1 heterocycles. The Morgan fingerprint density at radius 2 is 1.85 bits per heavy atom. The molecule has 0 saturated carbocycles. The third-order valence-electron chi connectivity index (χ3n) is 4.46. The first-order valence-corrected chi connectivity index (χ1v) is 8.54. The van der Waals surface area contributed by atoms with Gasteiger partial charge in [-0.05, 0) is 54.7 Å². The Hall–Kier alpha value is -3.08. The molecule has 0 unspecified atom stereocenters. The maximum Gasteiger partial charge on any atom is 0.356 e. The summed E-state index contributed by atoms with van der Waals surface area (Å²) in [5.41, 5.74) is 4.47. The predicted octanol–water partition coefficient (Wildman–Crippen LogP) is 3.73. The van der Waals surface area contributed by atoms with E-state index in [4.69, 9.17) is 9.84 Å². The Labute approximate surface area is 152 Å². The van der Waals surface area contributed by atoms with Gasteiger partial charge in [-0.25, -0.2) is 4.79 Å². The van der Waals surface area contributed by atoms with E-state index in [9.17, 15) is 4.79 Å². The lowest BCUT2D eigenvalue weighted by Gasteiger charge is -2.13. The lowest BCUT2D eigenvalue weighted by molar-refractivity contribution is 0.0689. The summed E-state index contributed by atoms with van der Waals surface area (Å²) in [7, 11) is 1.64. The number of aromatic nitrogens is 2. The van der Waals surface area contributed by atoms with E-state index >= 15 is 0 Å². The summed E-state index contributed by atoms with van der Waals surface area (Å²) in [6.45, 7) is 2.38. The number of ether oxygens (including phenoxy) is 1. The number of benzene rings is 2. The molecule has 134 valence electrons. The highest BCUT2D eigenvalue weighted by Crippen LogP contribution is 2.21. The summed E-state index contributed by atoms with van der Waals surface area (Å²) in [6.07, 6.45) is 1.84. The molecule has 1 N–H and O–H groups in total. The van der Waals surface area contributed by atoms with Crippen molar-refractivity contribution < 1.29 is 14.6 Å². The van der Waals surface area contributed by atoms with Gasteiger partial charge in [-0.15, -0.1) is 0 Å². The third-order valence-corrected chi connectivity index (χ3v) is 4.46. The second-order valence-corrected chi connectivity index (χ2v) is 6.25. The van der Waals surface area contributed by atoms with Crippen molar-refractivity contribution in [2.24, 2.45) is 0 Å². The fourth-order valence-corrected chi connectivity index (χ4v) is 2.98. The highest BCUT2D eigenvalue weighted by molar-refractivity contribution is 5.85. The van der Waals surface area contributed by atoms with Crippen molar-refractivity contribution >= 4 is 5.97 Å². The van der Waals surface area contributed by atoms with Crippen LogP contribution in [0.5, 0.6) is 5.75 Å². The van der Waals surface area contributed by atoms with Crippen molar-refractivity contribution in [3.05, 3.63) is 82.7 Å². The Balaban J connectivity index is 1.85. The smallest absolute Gasteiger partial charge is 0.356 e. The lowest BCUT2D eigenvalue weighted by Crippen LogP contribution is -2.08. The fourth-order valence-electron chi connectivity index (χ4n) is 2.98. The SMILES string of the molecule is COc1ccc(CCc2ccccc2)c(Cn2nc(C(=O)O)cc2C)c1. The first-order valence-electron chi connectivity index (χ1n) is 8.54. The number of carbonyl (C=O) groups is 1. The van der Waals surface area contributed by atoms with Gasteiger partial charge < -0.3 is 9.84 Å². The van der Waals surface area contributed by atoms with Crippen molar-refractivity contribution in [3.8, 4) is 5.75 Å². The van der Waals surface area contributed by atoms with Gasteiger partial charge in [0.2, 0.25) is 0 Å². The molecule has 3 aromatic rings. The van der Waals surface area contributed by atoms with Crippen molar-refractivity contribution in [2.45, 2.75) is 26.3 Å². The van der Waals surface area contributed by atoms with Crippen LogP contribution in [0.2, 0.25) is 0 Å². The number of nitrogens with zero attached hydrogens (tertiary/aromatic N) is 2. The highest BCUT2D eigenvalue weighted by atomic mass is 16.5. The van der Waals surface area contributed by atoms with E-state index in [1.54, 1.807) is 17.9 Å². The van der Waals surface area contributed by atoms with Crippen molar-refractivity contribution in [1.82, 2.24) is 9.78 Å². The number of hydrogen-bond acceptors (Lipinski definition) is 3. The number of aryl methyl sites for hydroxylation is 3. The molecule has 26 heavy (non-hydrogen) atoms. The Morgan fingerprint density at radius 3 is 2.50 bits per heavy atom. The van der Waals surface area contributed by atoms with Crippen LogP contribution >= 0.6 is 0 Å². The molecule has 0 aliphatic carbocycles. The van der Waals surface area contributed by atoms with Gasteiger partial charge in [0.05, 0.1) is 13.7 Å². The monoisotopic (exact) mass is 350 g/mol. The van der Waals surface area contributed by atoms with Crippen molar-refractivity contribution in [1.29, 1.82) is 0 Å². The molecule has 5 heteroatoms. The largest absolute Gasteiger partial charge is 0.497 e. The second-order valence-electron chi connectivity index (χ2n) is 6.25. The van der Waals surface area contributed by atoms with Gasteiger partial charge in [-0.2, -0.15) is 5.10 Å². The summed E-state index contributed by atoms with van der Waals surface area (Å²) in [6, 6.07) is 18.0. The second kappa shape index (κ2) is 7.87. The molecule has 0 amide bonds. The molecule has 0 aliphatic heterocycles. The van der Waals surface area contributed by atoms with Gasteiger partial charge in [-0.1, -0.05) is 36.4 Å². The van der Waals surface area contributed by atoms with Gasteiger partial charge in [0.15, 0.2) is 5.69 Å². The normalized spacial score (nSPS) is 10.7. The molecule has 0 spiro atoms. The van der Waals surface area contributed by atoms with Crippen LogP contribution in [0, 0.1) is 6.92 Å². The van der Waals surface area contributed by atoms with Gasteiger partial charge >= 0.3 is 5.97 Å². The molecule has 5 nitrogen and oxygen atoms in total. The molecule has 0 saturated heterocycles. The van der Waals surface area contributed by atoms with E-state index in [-0.39, 0.29) is 5.69 Å². The number of carboxylic acid groups (broad SMARTS) is 1. The summed E-state index contributed by atoms with van der Waals surface area (Å²) >= 11 is 0. The van der Waals surface area contributed by atoms with Crippen LogP contribution < -0.4 is 4.74 Å². The summed E-state index contributed by atoms with van der Waals surface area (Å²) in [5.74, 6) is -0.228. The van der Waals surface area contributed by atoms with E-state index in [1.807, 2.05) is 37.3 Å². The average Bonchev–Trinajstić information content (AvgIpc) is 3.02. The van der Waals surface area contributed by atoms with E-state index in [1.165, 1.54) is 11.1 Å². The predicted molar refractivity (Wildman–Crippen MR) is 99.9 cm³/mol. The Bertz CT molecular complexity index is 901. The maximum atomic E-state index is 11.1. The molecular weight excluding hydrogens is 328 g/mol. The van der Waals surface area contributed by atoms with Crippen LogP contribution in [-0.2, 0) is 19.4 Å². The minimum absolute atomic E-state index is 0.0660. The van der Waals surface area contributed by atoms with E-state index in [2.05, 4.69) is 23.3 Å². The molecule has 0 aliphatic rings. The molecule has 0 atom stereocenters. The van der Waals surface area contributed by atoms with E-state index in [0.29, 0.717) is 6.54 Å². The third kappa shape index (κ3) is 4.11. The summed E-state index contributed by atoms with van der Waals surface area (Å²) in [5, 5.41) is 13.3. The molecule has 0 fully saturated rings. The standard InChI is InChI=1S/C21H22N2O3/c1-15-12-20(21(24)25)22-23(15)14-18-13-19(26-2)11-10-17(18)9-8-16-6-4-3-5-7-16/h3-7,10-13H,8-9,14H2,1-2H3,(H,24,25). The van der Waals surface area contributed by atoms with Gasteiger partial charge in [0.1, 0.15) is 5.75 Å². The maximum absolute atomic E-state index is 11.1. The van der Waals surface area contributed by atoms with Crippen LogP contribution in [0.25, 0.3) is 0 Å². The fraction of sp³-hybridized carbons (Fsp3) is 0.238. The van der Waals surface area contributed by atoms with E-state index in [0.717, 1.165) is 29.8 Å². The number of methoxy groups -OCH3 is 1. The topological polar surface area (TPSA) is 64.4 Å². The molecule has 3 rings (SSSR count). The zero-order valence-corrected chi connectivity index (χ0v) is 15.0. The van der Waals surface area contributed by atoms with Crippen LogP contribution in [0.1, 0.15) is 32.9 Å². The number of carboxylic acids is 1. The molecular formula is C21H22N2O3. The van der Waals surface area contributed by atoms with Gasteiger partial charge in [0.25, 0.3) is 0 Å². The number of hydrogen-bond donors (Lipinski definition) is 1. The molecule has 0 bridgehead atoms. The van der Waals surface area contributed by atoms with Crippen LogP contribution in [0.15, 0.2) is 54.6 Å². The van der Waals surface area contributed by atoms with Crippen molar-refractivity contribution in [3.63, 3.8) is 0 Å². The van der Waals surface area contributed by atoms with Crippen LogP contribution in [-0.4, -0.2) is 28.0 Å². The molecule has 2 aromatic carbocycles. The van der Waals surface area contributed by atoms with Crippen LogP contribution in [0.3, 0.4) is 0 Å². The Morgan fingerprint density at radius 1 is 1.08 bits per heavy atom. The number of rotatable bonds is 7. The molecule has 0 radical (unpaired) electrons. The quantitative estimate of drug-likeness (QED) is 0.705. The zero-order chi connectivity index (χ0) is 18.5. The minimum atomic E-state index is -1.01. The molecule has 1 aromatic heterocycles. The minimum Gasteiger partial charge on any atom is -0.497 e. The Kier molecular flexibility index (Phi) is 5.37. The average molecular weight is 350 g/mol. The summed E-state index contributed by atoms with van der Waals surface area (Å²) < 4.78 is 7.09. The van der Waals surface area contributed by atoms with Crippen molar-refractivity contribution in [2.75, 3.05) is 7.11 Å². The highest BCUT2D eigenvalue weighted by Gasteiger charge is 2.13. The van der Waals surface area contributed by atoms with E-state index < -0.39 is 5.97 Å². The first-order chi connectivity index (χ1) is 12.6. The van der Waals surface area contributed by atoms with Gasteiger partial charge in [-0.3, -0.25) is 4.68 Å². The van der Waals surface area contributed by atoms with Crippen LogP contribution in [0.4, 0.5) is 0 Å². The zero-order valence-electron chi connectivity index (χ0n) is 15.0. The first kappa shape index (κ1) is 17.7. The van der Waals surface area contributed by atoms with Gasteiger partial charge in [0, 0.05) is 5.69 Å². The lowest BCUT2D eigenvalue weighted by atomic mass is 9.99.